The molecule has 0 amide bonds. The van der Waals surface area contributed by atoms with E-state index in [0.717, 1.165) is 37.6 Å². The molecule has 0 saturated carbocycles. The van der Waals surface area contributed by atoms with Crippen LogP contribution in [0.5, 0.6) is 0 Å². The quantitative estimate of drug-likeness (QED) is 0.673. The van der Waals surface area contributed by atoms with Crippen molar-refractivity contribution in [1.82, 2.24) is 14.3 Å². The molecule has 1 fully saturated rings. The Bertz CT molecular complexity index is 1020. The third kappa shape index (κ3) is 3.45. The number of anilines is 1. The molecule has 28 heavy (non-hydrogen) atoms. The highest BCUT2D eigenvalue weighted by atomic mass is 35.5. The first kappa shape index (κ1) is 18.8. The van der Waals surface area contributed by atoms with Crippen LogP contribution in [0, 0.1) is 5.82 Å². The predicted octanol–water partition coefficient (Wildman–Crippen LogP) is 3.29. The van der Waals surface area contributed by atoms with Gasteiger partial charge in [0.2, 0.25) is 0 Å². The Morgan fingerprint density at radius 1 is 0.964 bits per heavy atom. The van der Waals surface area contributed by atoms with E-state index in [9.17, 15) is 9.18 Å². The van der Waals surface area contributed by atoms with E-state index in [1.807, 2.05) is 54.2 Å². The van der Waals surface area contributed by atoms with Gasteiger partial charge in [0.1, 0.15) is 10.8 Å². The average molecular weight is 401 g/mol. The summed E-state index contributed by atoms with van der Waals surface area (Å²) >= 11 is 6.39. The van der Waals surface area contributed by atoms with Gasteiger partial charge in [0, 0.05) is 39.8 Å². The number of rotatable bonds is 4. The van der Waals surface area contributed by atoms with E-state index in [-0.39, 0.29) is 16.4 Å². The molecule has 7 heteroatoms. The van der Waals surface area contributed by atoms with Gasteiger partial charge in [-0.2, -0.15) is 0 Å². The Balaban J connectivity index is 1.51. The maximum Gasteiger partial charge on any atom is 0.290 e. The zero-order valence-electron chi connectivity index (χ0n) is 15.7. The summed E-state index contributed by atoms with van der Waals surface area (Å²) in [5.41, 5.74) is 2.00. The lowest BCUT2D eigenvalue weighted by Gasteiger charge is -2.36. The lowest BCUT2D eigenvalue weighted by molar-refractivity contribution is 0.242. The molecule has 0 spiro atoms. The fraction of sp³-hybridized carbons (Fsp3) is 0.286. The van der Waals surface area contributed by atoms with Crippen molar-refractivity contribution >= 4 is 17.3 Å². The lowest BCUT2D eigenvalue weighted by Crippen LogP contribution is -2.46. The molecule has 4 rings (SSSR count). The van der Waals surface area contributed by atoms with Crippen LogP contribution in [0.3, 0.4) is 0 Å². The molecule has 0 unspecified atom stereocenters. The fourth-order valence-corrected chi connectivity index (χ4v) is 3.98. The van der Waals surface area contributed by atoms with Gasteiger partial charge in [-0.25, -0.2) is 9.07 Å². The van der Waals surface area contributed by atoms with Crippen molar-refractivity contribution < 1.29 is 4.39 Å². The lowest BCUT2D eigenvalue weighted by atomic mass is 10.2. The summed E-state index contributed by atoms with van der Waals surface area (Å²) in [6.07, 6.45) is 0. The van der Waals surface area contributed by atoms with Gasteiger partial charge in [-0.1, -0.05) is 41.9 Å². The van der Waals surface area contributed by atoms with Crippen molar-refractivity contribution in [2.24, 2.45) is 7.05 Å². The van der Waals surface area contributed by atoms with Crippen LogP contribution < -0.4 is 10.5 Å². The first-order chi connectivity index (χ1) is 13.6. The van der Waals surface area contributed by atoms with E-state index in [4.69, 9.17) is 11.6 Å². The first-order valence-corrected chi connectivity index (χ1v) is 9.67. The van der Waals surface area contributed by atoms with Crippen LogP contribution in [0.4, 0.5) is 10.1 Å². The minimum atomic E-state index is -0.213. The normalized spacial score (nSPS) is 15.2. The SMILES string of the molecule is Cn1c(CN2CCN(c3ccccc3F)CC2)c(Cl)c(=O)n1-c1ccccc1. The van der Waals surface area contributed by atoms with Crippen molar-refractivity contribution in [3.05, 3.63) is 81.5 Å². The Morgan fingerprint density at radius 3 is 2.29 bits per heavy atom. The fourth-order valence-electron chi connectivity index (χ4n) is 3.71. The van der Waals surface area contributed by atoms with Gasteiger partial charge in [-0.15, -0.1) is 0 Å². The largest absolute Gasteiger partial charge is 0.367 e. The molecule has 1 saturated heterocycles. The van der Waals surface area contributed by atoms with Crippen LogP contribution in [0.1, 0.15) is 5.69 Å². The van der Waals surface area contributed by atoms with Gasteiger partial charge in [0.25, 0.3) is 5.56 Å². The maximum atomic E-state index is 14.0. The molecule has 146 valence electrons. The molecular formula is C21H22ClFN4O. The minimum Gasteiger partial charge on any atom is -0.367 e. The molecule has 0 radical (unpaired) electrons. The minimum absolute atomic E-state index is 0.193. The standard InChI is InChI=1S/C21H22ClFN4O/c1-24-19(20(22)21(28)27(24)16-7-3-2-4-8-16)15-25-11-13-26(14-12-25)18-10-6-5-9-17(18)23/h2-10H,11-15H2,1H3. The highest BCUT2D eigenvalue weighted by Gasteiger charge is 2.23. The second-order valence-corrected chi connectivity index (χ2v) is 7.33. The molecule has 2 heterocycles. The van der Waals surface area contributed by atoms with Crippen LogP contribution >= 0.6 is 11.6 Å². The molecule has 1 aliphatic heterocycles. The zero-order chi connectivity index (χ0) is 19.7. The smallest absolute Gasteiger partial charge is 0.290 e. The van der Waals surface area contributed by atoms with Crippen LogP contribution in [0.25, 0.3) is 5.69 Å². The van der Waals surface area contributed by atoms with Crippen molar-refractivity contribution in [1.29, 1.82) is 0 Å². The van der Waals surface area contributed by atoms with Crippen molar-refractivity contribution in [3.8, 4) is 5.69 Å². The van der Waals surface area contributed by atoms with Gasteiger partial charge in [0.05, 0.1) is 17.1 Å². The Hall–Kier alpha value is -2.57. The van der Waals surface area contributed by atoms with Crippen molar-refractivity contribution in [3.63, 3.8) is 0 Å². The van der Waals surface area contributed by atoms with Gasteiger partial charge in [-0.05, 0) is 24.3 Å². The number of hydrogen-bond donors (Lipinski definition) is 0. The van der Waals surface area contributed by atoms with E-state index in [1.54, 1.807) is 10.7 Å². The molecule has 0 aliphatic carbocycles. The molecule has 0 atom stereocenters. The molecule has 1 aliphatic rings. The molecule has 0 N–H and O–H groups in total. The summed E-state index contributed by atoms with van der Waals surface area (Å²) in [6.45, 7) is 3.58. The molecule has 0 bridgehead atoms. The van der Waals surface area contributed by atoms with Crippen LogP contribution in [0.2, 0.25) is 5.02 Å². The van der Waals surface area contributed by atoms with Gasteiger partial charge < -0.3 is 4.90 Å². The van der Waals surface area contributed by atoms with Crippen LogP contribution in [-0.4, -0.2) is 40.4 Å². The zero-order valence-corrected chi connectivity index (χ0v) is 16.4. The Kier molecular flexibility index (Phi) is 5.24. The number of nitrogens with zero attached hydrogens (tertiary/aromatic N) is 4. The van der Waals surface area contributed by atoms with E-state index in [2.05, 4.69) is 9.80 Å². The summed E-state index contributed by atoms with van der Waals surface area (Å²) in [4.78, 5) is 17.0. The van der Waals surface area contributed by atoms with Crippen LogP contribution in [0.15, 0.2) is 59.4 Å². The van der Waals surface area contributed by atoms with Crippen LogP contribution in [-0.2, 0) is 13.6 Å². The summed E-state index contributed by atoms with van der Waals surface area (Å²) in [6, 6.07) is 16.3. The second-order valence-electron chi connectivity index (χ2n) is 6.95. The number of benzene rings is 2. The molecular weight excluding hydrogens is 379 g/mol. The Labute approximate surface area is 168 Å². The summed E-state index contributed by atoms with van der Waals surface area (Å²) in [5.74, 6) is -0.193. The second kappa shape index (κ2) is 7.81. The highest BCUT2D eigenvalue weighted by molar-refractivity contribution is 6.31. The van der Waals surface area contributed by atoms with E-state index >= 15 is 0 Å². The monoisotopic (exact) mass is 400 g/mol. The highest BCUT2D eigenvalue weighted by Crippen LogP contribution is 2.22. The van der Waals surface area contributed by atoms with Crippen molar-refractivity contribution in [2.75, 3.05) is 31.1 Å². The average Bonchev–Trinajstić information content (AvgIpc) is 2.93. The number of piperazine rings is 1. The molecule has 1 aromatic heterocycles. The van der Waals surface area contributed by atoms with E-state index < -0.39 is 0 Å². The Morgan fingerprint density at radius 2 is 1.61 bits per heavy atom. The number of aromatic nitrogens is 2. The number of halogens is 2. The maximum absolute atomic E-state index is 14.0. The molecule has 5 nitrogen and oxygen atoms in total. The molecule has 2 aromatic carbocycles. The summed E-state index contributed by atoms with van der Waals surface area (Å²) in [7, 11) is 1.85. The molecule has 3 aromatic rings. The van der Waals surface area contributed by atoms with Crippen molar-refractivity contribution in [2.45, 2.75) is 6.54 Å². The van der Waals surface area contributed by atoms with Gasteiger partial charge in [0.15, 0.2) is 0 Å². The number of para-hydroxylation sites is 2. The number of hydrogen-bond acceptors (Lipinski definition) is 3. The topological polar surface area (TPSA) is 33.4 Å². The third-order valence-electron chi connectivity index (χ3n) is 5.26. The van der Waals surface area contributed by atoms with Gasteiger partial charge >= 0.3 is 0 Å². The summed E-state index contributed by atoms with van der Waals surface area (Å²) in [5, 5.41) is 0.253. The van der Waals surface area contributed by atoms with Gasteiger partial charge in [-0.3, -0.25) is 14.4 Å². The first-order valence-electron chi connectivity index (χ1n) is 9.30. The summed E-state index contributed by atoms with van der Waals surface area (Å²) < 4.78 is 17.4. The van der Waals surface area contributed by atoms with E-state index in [1.165, 1.54) is 6.07 Å². The third-order valence-corrected chi connectivity index (χ3v) is 5.64. The van der Waals surface area contributed by atoms with E-state index in [0.29, 0.717) is 12.2 Å². The predicted molar refractivity (Wildman–Crippen MR) is 110 cm³/mol.